The first-order chi connectivity index (χ1) is 5.90. The van der Waals surface area contributed by atoms with Crippen molar-refractivity contribution in [3.05, 3.63) is 12.2 Å². The maximum Gasteiger partial charge on any atom is 0.0483 e. The SMILES string of the molecule is C=C(C[Si](C)(C)C)C1CCNC1C. The Morgan fingerprint density at radius 1 is 1.46 bits per heavy atom. The van der Waals surface area contributed by atoms with Gasteiger partial charge in [0.25, 0.3) is 0 Å². The minimum absolute atomic E-state index is 0.656. The molecule has 1 aliphatic rings. The Morgan fingerprint density at radius 2 is 2.08 bits per heavy atom. The van der Waals surface area contributed by atoms with Crippen molar-refractivity contribution in [1.82, 2.24) is 5.32 Å². The Balaban J connectivity index is 2.48. The van der Waals surface area contributed by atoms with Crippen LogP contribution < -0.4 is 5.32 Å². The fourth-order valence-electron chi connectivity index (χ4n) is 2.23. The van der Waals surface area contributed by atoms with E-state index < -0.39 is 8.07 Å². The molecule has 0 bridgehead atoms. The molecule has 0 radical (unpaired) electrons. The molecule has 0 spiro atoms. The molecule has 1 rings (SSSR count). The second kappa shape index (κ2) is 3.97. The van der Waals surface area contributed by atoms with Crippen molar-refractivity contribution in [2.45, 2.75) is 45.1 Å². The van der Waals surface area contributed by atoms with Gasteiger partial charge in [0.1, 0.15) is 0 Å². The van der Waals surface area contributed by atoms with Crippen LogP contribution in [-0.4, -0.2) is 20.7 Å². The van der Waals surface area contributed by atoms with Gasteiger partial charge in [0.15, 0.2) is 0 Å². The van der Waals surface area contributed by atoms with Crippen LogP contribution in [0.2, 0.25) is 25.7 Å². The lowest BCUT2D eigenvalue weighted by molar-refractivity contribution is 0.542. The highest BCUT2D eigenvalue weighted by molar-refractivity contribution is 6.76. The van der Waals surface area contributed by atoms with E-state index in [1.165, 1.54) is 24.6 Å². The van der Waals surface area contributed by atoms with Crippen molar-refractivity contribution in [2.75, 3.05) is 6.54 Å². The third-order valence-corrected chi connectivity index (χ3v) is 4.32. The fourth-order valence-corrected chi connectivity index (χ4v) is 3.85. The minimum Gasteiger partial charge on any atom is -0.314 e. The zero-order valence-electron chi connectivity index (χ0n) is 9.48. The summed E-state index contributed by atoms with van der Waals surface area (Å²) in [4.78, 5) is 0. The third-order valence-electron chi connectivity index (χ3n) is 2.81. The van der Waals surface area contributed by atoms with E-state index in [0.29, 0.717) is 6.04 Å². The van der Waals surface area contributed by atoms with Crippen LogP contribution in [0.5, 0.6) is 0 Å². The van der Waals surface area contributed by atoms with Crippen LogP contribution in [0.25, 0.3) is 0 Å². The van der Waals surface area contributed by atoms with Crippen molar-refractivity contribution in [1.29, 1.82) is 0 Å². The molecule has 1 N–H and O–H groups in total. The average Bonchev–Trinajstić information content (AvgIpc) is 2.30. The summed E-state index contributed by atoms with van der Waals surface area (Å²) in [5, 5.41) is 3.49. The van der Waals surface area contributed by atoms with Crippen LogP contribution in [-0.2, 0) is 0 Å². The molecule has 1 saturated heterocycles. The monoisotopic (exact) mass is 197 g/mol. The molecule has 0 aromatic rings. The molecule has 2 atom stereocenters. The smallest absolute Gasteiger partial charge is 0.0483 e. The van der Waals surface area contributed by atoms with Gasteiger partial charge < -0.3 is 5.32 Å². The van der Waals surface area contributed by atoms with Crippen LogP contribution >= 0.6 is 0 Å². The molecule has 1 aliphatic heterocycles. The highest BCUT2D eigenvalue weighted by Crippen LogP contribution is 2.28. The zero-order valence-corrected chi connectivity index (χ0v) is 10.5. The van der Waals surface area contributed by atoms with Gasteiger partial charge in [-0.15, -0.1) is 0 Å². The lowest BCUT2D eigenvalue weighted by Crippen LogP contribution is -2.27. The number of hydrogen-bond donors (Lipinski definition) is 1. The Labute approximate surface area is 83.6 Å². The molecule has 13 heavy (non-hydrogen) atoms. The van der Waals surface area contributed by atoms with E-state index in [9.17, 15) is 0 Å². The Kier molecular flexibility index (Phi) is 3.36. The van der Waals surface area contributed by atoms with Crippen molar-refractivity contribution in [2.24, 2.45) is 5.92 Å². The van der Waals surface area contributed by atoms with Gasteiger partial charge in [-0.2, -0.15) is 0 Å². The molecule has 2 unspecified atom stereocenters. The van der Waals surface area contributed by atoms with Gasteiger partial charge in [0.2, 0.25) is 0 Å². The summed E-state index contributed by atoms with van der Waals surface area (Å²) in [6, 6.07) is 1.95. The third kappa shape index (κ3) is 3.28. The topological polar surface area (TPSA) is 12.0 Å². The second-order valence-corrected chi connectivity index (χ2v) is 11.0. The number of nitrogens with one attached hydrogen (secondary N) is 1. The predicted molar refractivity (Wildman–Crippen MR) is 62.9 cm³/mol. The van der Waals surface area contributed by atoms with Gasteiger partial charge in [-0.05, 0) is 31.9 Å². The van der Waals surface area contributed by atoms with Gasteiger partial charge in [-0.25, -0.2) is 0 Å². The standard InChI is InChI=1S/C11H23NSi/c1-9(8-13(3,4)5)11-6-7-12-10(11)2/h10-12H,1,6-8H2,2-5H3. The molecule has 1 nitrogen and oxygen atoms in total. The second-order valence-electron chi connectivity index (χ2n) is 5.53. The highest BCUT2D eigenvalue weighted by atomic mass is 28.3. The van der Waals surface area contributed by atoms with E-state index in [1.54, 1.807) is 0 Å². The molecular formula is C11H23NSi. The normalized spacial score (nSPS) is 29.2. The maximum atomic E-state index is 4.27. The summed E-state index contributed by atoms with van der Waals surface area (Å²) in [6.45, 7) is 15.0. The molecule has 1 heterocycles. The molecule has 0 aliphatic carbocycles. The quantitative estimate of drug-likeness (QED) is 0.542. The maximum absolute atomic E-state index is 4.27. The minimum atomic E-state index is -0.945. The van der Waals surface area contributed by atoms with E-state index in [-0.39, 0.29) is 0 Å². The van der Waals surface area contributed by atoms with Gasteiger partial charge in [-0.3, -0.25) is 0 Å². The van der Waals surface area contributed by atoms with Gasteiger partial charge in [-0.1, -0.05) is 31.8 Å². The average molecular weight is 197 g/mol. The van der Waals surface area contributed by atoms with Gasteiger partial charge in [0.05, 0.1) is 0 Å². The van der Waals surface area contributed by atoms with Crippen molar-refractivity contribution < 1.29 is 0 Å². The van der Waals surface area contributed by atoms with Crippen molar-refractivity contribution in [3.8, 4) is 0 Å². The molecule has 0 aromatic heterocycles. The van der Waals surface area contributed by atoms with Crippen LogP contribution in [0.1, 0.15) is 13.3 Å². The molecule has 1 fully saturated rings. The molecule has 76 valence electrons. The summed E-state index contributed by atoms with van der Waals surface area (Å²) in [5.74, 6) is 0.742. The van der Waals surface area contributed by atoms with Crippen LogP contribution in [0, 0.1) is 5.92 Å². The van der Waals surface area contributed by atoms with E-state index in [2.05, 4.69) is 38.5 Å². The Hall–Kier alpha value is -0.0831. The molecule has 0 saturated carbocycles. The first-order valence-corrected chi connectivity index (χ1v) is 9.02. The van der Waals surface area contributed by atoms with E-state index >= 15 is 0 Å². The molecule has 0 aromatic carbocycles. The van der Waals surface area contributed by atoms with E-state index in [1.807, 2.05) is 0 Å². The van der Waals surface area contributed by atoms with Crippen molar-refractivity contribution in [3.63, 3.8) is 0 Å². The number of rotatable bonds is 3. The zero-order chi connectivity index (χ0) is 10.1. The Bertz CT molecular complexity index is 193. The van der Waals surface area contributed by atoms with E-state index in [0.717, 1.165) is 5.92 Å². The van der Waals surface area contributed by atoms with Crippen LogP contribution in [0.4, 0.5) is 0 Å². The van der Waals surface area contributed by atoms with Crippen molar-refractivity contribution >= 4 is 8.07 Å². The van der Waals surface area contributed by atoms with Gasteiger partial charge >= 0.3 is 0 Å². The highest BCUT2D eigenvalue weighted by Gasteiger charge is 2.27. The number of hydrogen-bond acceptors (Lipinski definition) is 1. The predicted octanol–water partition coefficient (Wildman–Crippen LogP) is 2.88. The summed E-state index contributed by atoms with van der Waals surface area (Å²) < 4.78 is 0. The first kappa shape index (κ1) is 11.0. The van der Waals surface area contributed by atoms with Crippen LogP contribution in [0.15, 0.2) is 12.2 Å². The fraction of sp³-hybridized carbons (Fsp3) is 0.818. The molecular weight excluding hydrogens is 174 g/mol. The Morgan fingerprint density at radius 3 is 2.46 bits per heavy atom. The lowest BCUT2D eigenvalue weighted by atomic mass is 9.95. The van der Waals surface area contributed by atoms with Crippen LogP contribution in [0.3, 0.4) is 0 Å². The first-order valence-electron chi connectivity index (χ1n) is 5.31. The summed E-state index contributed by atoms with van der Waals surface area (Å²) in [5.41, 5.74) is 1.50. The molecule has 0 amide bonds. The molecule has 2 heteroatoms. The summed E-state index contributed by atoms with van der Waals surface area (Å²) >= 11 is 0. The summed E-state index contributed by atoms with van der Waals surface area (Å²) in [7, 11) is -0.945. The summed E-state index contributed by atoms with van der Waals surface area (Å²) in [6.07, 6.45) is 1.30. The van der Waals surface area contributed by atoms with Gasteiger partial charge in [0, 0.05) is 14.1 Å². The lowest BCUT2D eigenvalue weighted by Gasteiger charge is -2.24. The van der Waals surface area contributed by atoms with E-state index in [4.69, 9.17) is 0 Å². The largest absolute Gasteiger partial charge is 0.314 e.